The number of aliphatic imine (C=N–C) groups is 1. The molecule has 1 atom stereocenters. The van der Waals surface area contributed by atoms with E-state index in [0.717, 1.165) is 11.1 Å². The van der Waals surface area contributed by atoms with Crippen molar-refractivity contribution in [2.24, 2.45) is 4.99 Å². The van der Waals surface area contributed by atoms with Crippen LogP contribution >= 0.6 is 23.2 Å². The number of anilines is 2. The van der Waals surface area contributed by atoms with Crippen LogP contribution in [0.2, 0.25) is 10.0 Å². The van der Waals surface area contributed by atoms with Gasteiger partial charge in [0.15, 0.2) is 6.17 Å². The van der Waals surface area contributed by atoms with Crippen LogP contribution < -0.4 is 16.2 Å². The molecule has 4 rings (SSSR count). The van der Waals surface area contributed by atoms with Gasteiger partial charge in [0.05, 0.1) is 15.7 Å². The van der Waals surface area contributed by atoms with Crippen LogP contribution in [0.1, 0.15) is 23.0 Å². The lowest BCUT2D eigenvalue weighted by Gasteiger charge is -2.27. The minimum Gasteiger partial charge on any atom is -0.325 e. The van der Waals surface area contributed by atoms with Crippen molar-refractivity contribution in [1.29, 1.82) is 0 Å². The van der Waals surface area contributed by atoms with Gasteiger partial charge in [0.25, 0.3) is 5.56 Å². The molecule has 0 saturated heterocycles. The molecule has 2 aromatic carbocycles. The fourth-order valence-electron chi connectivity index (χ4n) is 3.00. The standard InChI is InChI=1S/C20H17Cl2N5O/c1-11-6-8-13(9-7-11)18-25-19(24-15-5-3-4-14(21)17(15)22)26-20-23-12(2)10-16(28)27(18)20/h3-10,18H,1-2H3,(H2,23,24,25,26). The Morgan fingerprint density at radius 3 is 2.61 bits per heavy atom. The van der Waals surface area contributed by atoms with E-state index in [0.29, 0.717) is 33.3 Å². The second-order valence-corrected chi connectivity index (χ2v) is 7.33. The van der Waals surface area contributed by atoms with Crippen molar-refractivity contribution in [3.63, 3.8) is 0 Å². The van der Waals surface area contributed by atoms with Crippen LogP contribution in [-0.4, -0.2) is 15.5 Å². The maximum absolute atomic E-state index is 12.7. The highest BCUT2D eigenvalue weighted by molar-refractivity contribution is 6.44. The van der Waals surface area contributed by atoms with E-state index in [1.165, 1.54) is 10.6 Å². The first-order valence-corrected chi connectivity index (χ1v) is 9.40. The smallest absolute Gasteiger partial charge is 0.257 e. The molecule has 2 heterocycles. The van der Waals surface area contributed by atoms with E-state index in [4.69, 9.17) is 28.2 Å². The van der Waals surface area contributed by atoms with Gasteiger partial charge < -0.3 is 5.32 Å². The largest absolute Gasteiger partial charge is 0.325 e. The Balaban J connectivity index is 1.81. The summed E-state index contributed by atoms with van der Waals surface area (Å²) < 4.78 is 1.53. The van der Waals surface area contributed by atoms with Crippen LogP contribution in [-0.2, 0) is 0 Å². The van der Waals surface area contributed by atoms with E-state index in [1.807, 2.05) is 31.2 Å². The maximum Gasteiger partial charge on any atom is 0.257 e. The molecule has 2 N–H and O–H groups in total. The van der Waals surface area contributed by atoms with Crippen molar-refractivity contribution in [2.75, 3.05) is 10.6 Å². The molecule has 0 bridgehead atoms. The molecule has 0 radical (unpaired) electrons. The molecule has 3 aromatic rings. The second kappa shape index (κ2) is 7.30. The summed E-state index contributed by atoms with van der Waals surface area (Å²) in [5, 5.41) is 7.05. The van der Waals surface area contributed by atoms with Crippen LogP contribution in [0.15, 0.2) is 58.3 Å². The average molecular weight is 414 g/mol. The summed E-state index contributed by atoms with van der Waals surface area (Å²) in [6.45, 7) is 3.78. The van der Waals surface area contributed by atoms with E-state index in [9.17, 15) is 4.79 Å². The Morgan fingerprint density at radius 1 is 1.11 bits per heavy atom. The van der Waals surface area contributed by atoms with Crippen molar-refractivity contribution in [3.05, 3.63) is 85.8 Å². The second-order valence-electron chi connectivity index (χ2n) is 6.54. The first-order chi connectivity index (χ1) is 13.4. The molecule has 8 heteroatoms. The number of nitrogens with zero attached hydrogens (tertiary/aromatic N) is 3. The number of rotatable bonds is 2. The summed E-state index contributed by atoms with van der Waals surface area (Å²) >= 11 is 12.4. The summed E-state index contributed by atoms with van der Waals surface area (Å²) in [5.41, 5.74) is 3.04. The van der Waals surface area contributed by atoms with Crippen molar-refractivity contribution in [1.82, 2.24) is 9.55 Å². The predicted octanol–water partition coefficient (Wildman–Crippen LogP) is 4.61. The Labute approximate surface area is 171 Å². The lowest BCUT2D eigenvalue weighted by Crippen LogP contribution is -2.37. The highest BCUT2D eigenvalue weighted by atomic mass is 35.5. The number of hydrogen-bond acceptors (Lipinski definition) is 5. The number of halogens is 2. The van der Waals surface area contributed by atoms with Gasteiger partial charge >= 0.3 is 0 Å². The van der Waals surface area contributed by atoms with E-state index >= 15 is 0 Å². The molecule has 0 spiro atoms. The Kier molecular flexibility index (Phi) is 4.83. The molecule has 142 valence electrons. The molecular formula is C20H17Cl2N5O. The molecule has 1 aliphatic heterocycles. The highest BCUT2D eigenvalue weighted by Gasteiger charge is 2.25. The lowest BCUT2D eigenvalue weighted by molar-refractivity contribution is 0.577. The summed E-state index contributed by atoms with van der Waals surface area (Å²) in [6, 6.07) is 14.7. The van der Waals surface area contributed by atoms with E-state index in [1.54, 1.807) is 25.1 Å². The Morgan fingerprint density at radius 2 is 1.86 bits per heavy atom. The predicted molar refractivity (Wildman–Crippen MR) is 114 cm³/mol. The molecular weight excluding hydrogens is 397 g/mol. The third kappa shape index (κ3) is 3.48. The van der Waals surface area contributed by atoms with E-state index in [2.05, 4.69) is 15.6 Å². The number of aromatic nitrogens is 2. The van der Waals surface area contributed by atoms with Gasteiger partial charge in [-0.15, -0.1) is 0 Å². The number of hydrogen-bond donors (Lipinski definition) is 2. The van der Waals surface area contributed by atoms with Gasteiger partial charge in [-0.3, -0.25) is 14.7 Å². The number of benzene rings is 2. The van der Waals surface area contributed by atoms with Crippen LogP contribution in [0.3, 0.4) is 0 Å². The molecule has 0 aliphatic carbocycles. The minimum absolute atomic E-state index is 0.177. The molecule has 6 nitrogen and oxygen atoms in total. The minimum atomic E-state index is -0.557. The monoisotopic (exact) mass is 413 g/mol. The Hall–Kier alpha value is -2.83. The van der Waals surface area contributed by atoms with Crippen LogP contribution in [0.4, 0.5) is 11.6 Å². The van der Waals surface area contributed by atoms with Crippen molar-refractivity contribution < 1.29 is 0 Å². The summed E-state index contributed by atoms with van der Waals surface area (Å²) in [7, 11) is 0. The lowest BCUT2D eigenvalue weighted by atomic mass is 10.1. The first kappa shape index (κ1) is 18.5. The molecule has 1 unspecified atom stereocenters. The number of fused-ring (bicyclic) bond motifs is 1. The van der Waals surface area contributed by atoms with Gasteiger partial charge in [-0.05, 0) is 31.5 Å². The zero-order valence-corrected chi connectivity index (χ0v) is 16.7. The summed E-state index contributed by atoms with van der Waals surface area (Å²) in [4.78, 5) is 21.8. The molecule has 0 amide bonds. The van der Waals surface area contributed by atoms with Gasteiger partial charge in [-0.1, -0.05) is 59.1 Å². The quantitative estimate of drug-likeness (QED) is 0.643. The third-order valence-corrected chi connectivity index (χ3v) is 5.21. The van der Waals surface area contributed by atoms with Gasteiger partial charge in [-0.2, -0.15) is 0 Å². The van der Waals surface area contributed by atoms with Gasteiger partial charge in [0.1, 0.15) is 0 Å². The molecule has 1 aliphatic rings. The summed E-state index contributed by atoms with van der Waals surface area (Å²) in [6.07, 6.45) is -0.557. The van der Waals surface area contributed by atoms with Crippen LogP contribution in [0, 0.1) is 13.8 Å². The SMILES string of the molecule is Cc1ccc(C2N=C(Nc3cccc(Cl)c3Cl)Nc3nc(C)cc(=O)n32)cc1. The number of aryl methyl sites for hydroxylation is 2. The zero-order chi connectivity index (χ0) is 19.8. The average Bonchev–Trinajstić information content (AvgIpc) is 2.65. The maximum atomic E-state index is 12.7. The third-order valence-electron chi connectivity index (χ3n) is 4.39. The summed E-state index contributed by atoms with van der Waals surface area (Å²) in [5.74, 6) is 0.832. The van der Waals surface area contributed by atoms with Gasteiger partial charge in [-0.25, -0.2) is 9.98 Å². The van der Waals surface area contributed by atoms with Crippen LogP contribution in [0.5, 0.6) is 0 Å². The molecule has 0 saturated carbocycles. The van der Waals surface area contributed by atoms with E-state index < -0.39 is 6.17 Å². The fraction of sp³-hybridized carbons (Fsp3) is 0.150. The molecule has 28 heavy (non-hydrogen) atoms. The topological polar surface area (TPSA) is 71.3 Å². The van der Waals surface area contributed by atoms with Gasteiger partial charge in [0.2, 0.25) is 11.9 Å². The normalized spacial score (nSPS) is 15.4. The number of nitrogens with one attached hydrogen (secondary N) is 2. The van der Waals surface area contributed by atoms with Gasteiger partial charge in [0, 0.05) is 11.8 Å². The highest BCUT2D eigenvalue weighted by Crippen LogP contribution is 2.31. The molecule has 1 aromatic heterocycles. The molecule has 0 fully saturated rings. The van der Waals surface area contributed by atoms with Crippen LogP contribution in [0.25, 0.3) is 0 Å². The van der Waals surface area contributed by atoms with Crippen molar-refractivity contribution in [3.8, 4) is 0 Å². The number of guanidine groups is 1. The van der Waals surface area contributed by atoms with Crippen molar-refractivity contribution >= 4 is 40.8 Å². The van der Waals surface area contributed by atoms with E-state index in [-0.39, 0.29) is 5.56 Å². The first-order valence-electron chi connectivity index (χ1n) is 8.65. The fourth-order valence-corrected chi connectivity index (χ4v) is 3.35. The zero-order valence-electron chi connectivity index (χ0n) is 15.2. The Bertz CT molecular complexity index is 1140. The van der Waals surface area contributed by atoms with Crippen molar-refractivity contribution in [2.45, 2.75) is 20.0 Å².